The lowest BCUT2D eigenvalue weighted by atomic mass is 10.1. The number of hydrogen-bond acceptors (Lipinski definition) is 4. The minimum Gasteiger partial charge on any atom is -0.497 e. The Labute approximate surface area is 144 Å². The van der Waals surface area contributed by atoms with E-state index >= 15 is 0 Å². The number of halogens is 1. The molecule has 0 aliphatic rings. The standard InChI is InChI=1S/C16H26N2O2S.ClH/c1-18(16(19)15(17)10-12-21-3)11-4-5-13-6-8-14(20-2)9-7-13;/h6-9,15H,4-5,10-12,17H2,1-3H3;1H/t15-;/m0./s1. The summed E-state index contributed by atoms with van der Waals surface area (Å²) in [5.41, 5.74) is 7.15. The number of thioether (sulfide) groups is 1. The molecule has 6 heteroatoms. The summed E-state index contributed by atoms with van der Waals surface area (Å²) in [5, 5.41) is 0. The Kier molecular flexibility index (Phi) is 11.1. The topological polar surface area (TPSA) is 55.6 Å². The van der Waals surface area contributed by atoms with Gasteiger partial charge < -0.3 is 15.4 Å². The molecule has 22 heavy (non-hydrogen) atoms. The quantitative estimate of drug-likeness (QED) is 0.746. The summed E-state index contributed by atoms with van der Waals surface area (Å²) in [5.74, 6) is 1.83. The third kappa shape index (κ3) is 7.38. The monoisotopic (exact) mass is 346 g/mol. The molecule has 0 fully saturated rings. The SMILES string of the molecule is COc1ccc(CCCN(C)C(=O)[C@@H](N)CCSC)cc1.Cl. The second kappa shape index (κ2) is 11.6. The van der Waals surface area contributed by atoms with Crippen molar-refractivity contribution in [1.82, 2.24) is 4.90 Å². The lowest BCUT2D eigenvalue weighted by Crippen LogP contribution is -2.42. The third-order valence-corrected chi connectivity index (χ3v) is 4.09. The van der Waals surface area contributed by atoms with Crippen LogP contribution in [0.3, 0.4) is 0 Å². The molecule has 0 aliphatic heterocycles. The smallest absolute Gasteiger partial charge is 0.239 e. The molecule has 0 saturated carbocycles. The van der Waals surface area contributed by atoms with Gasteiger partial charge in [0.05, 0.1) is 13.2 Å². The van der Waals surface area contributed by atoms with Crippen LogP contribution in [0.5, 0.6) is 5.75 Å². The molecule has 1 aromatic carbocycles. The number of benzene rings is 1. The summed E-state index contributed by atoms with van der Waals surface area (Å²) < 4.78 is 5.13. The second-order valence-corrected chi connectivity index (χ2v) is 6.08. The Balaban J connectivity index is 0.00000441. The zero-order chi connectivity index (χ0) is 15.7. The Morgan fingerprint density at radius 2 is 2.00 bits per heavy atom. The van der Waals surface area contributed by atoms with E-state index in [1.165, 1.54) is 5.56 Å². The Hall–Kier alpha value is -0.910. The van der Waals surface area contributed by atoms with E-state index in [0.717, 1.165) is 37.3 Å². The maximum absolute atomic E-state index is 12.0. The number of methoxy groups -OCH3 is 1. The number of aryl methyl sites for hydroxylation is 1. The van der Waals surface area contributed by atoms with E-state index < -0.39 is 0 Å². The molecule has 1 aromatic rings. The lowest BCUT2D eigenvalue weighted by molar-refractivity contribution is -0.131. The predicted molar refractivity (Wildman–Crippen MR) is 97.2 cm³/mol. The third-order valence-electron chi connectivity index (χ3n) is 3.44. The number of amides is 1. The number of hydrogen-bond donors (Lipinski definition) is 1. The summed E-state index contributed by atoms with van der Waals surface area (Å²) in [4.78, 5) is 13.8. The fraction of sp³-hybridized carbons (Fsp3) is 0.562. The van der Waals surface area contributed by atoms with Crippen molar-refractivity contribution in [3.8, 4) is 5.75 Å². The fourth-order valence-corrected chi connectivity index (χ4v) is 2.56. The molecule has 0 unspecified atom stereocenters. The molecule has 4 nitrogen and oxygen atoms in total. The molecule has 126 valence electrons. The van der Waals surface area contributed by atoms with Crippen LogP contribution in [0.2, 0.25) is 0 Å². The summed E-state index contributed by atoms with van der Waals surface area (Å²) in [6.45, 7) is 0.734. The molecule has 0 bridgehead atoms. The van der Waals surface area contributed by atoms with Crippen molar-refractivity contribution in [3.05, 3.63) is 29.8 Å². The van der Waals surface area contributed by atoms with E-state index in [4.69, 9.17) is 10.5 Å². The molecule has 0 heterocycles. The highest BCUT2D eigenvalue weighted by molar-refractivity contribution is 7.98. The van der Waals surface area contributed by atoms with Gasteiger partial charge in [-0.1, -0.05) is 12.1 Å². The summed E-state index contributed by atoms with van der Waals surface area (Å²) >= 11 is 1.72. The van der Waals surface area contributed by atoms with Crippen molar-refractivity contribution in [2.45, 2.75) is 25.3 Å². The van der Waals surface area contributed by atoms with E-state index in [-0.39, 0.29) is 24.4 Å². The van der Waals surface area contributed by atoms with Crippen molar-refractivity contribution in [3.63, 3.8) is 0 Å². The van der Waals surface area contributed by atoms with Crippen LogP contribution in [-0.2, 0) is 11.2 Å². The van der Waals surface area contributed by atoms with E-state index in [2.05, 4.69) is 12.1 Å². The van der Waals surface area contributed by atoms with Crippen LogP contribution in [0.4, 0.5) is 0 Å². The van der Waals surface area contributed by atoms with Crippen molar-refractivity contribution in [2.24, 2.45) is 5.73 Å². The van der Waals surface area contributed by atoms with E-state index in [9.17, 15) is 4.79 Å². The fourth-order valence-electron chi connectivity index (χ4n) is 2.07. The highest BCUT2D eigenvalue weighted by Gasteiger charge is 2.16. The van der Waals surface area contributed by atoms with Crippen LogP contribution in [0.25, 0.3) is 0 Å². The Bertz CT molecular complexity index is 429. The molecule has 2 N–H and O–H groups in total. The van der Waals surface area contributed by atoms with E-state index in [1.807, 2.05) is 25.4 Å². The maximum Gasteiger partial charge on any atom is 0.239 e. The molecule has 0 aliphatic carbocycles. The lowest BCUT2D eigenvalue weighted by Gasteiger charge is -2.21. The number of nitrogens with zero attached hydrogens (tertiary/aromatic N) is 1. The van der Waals surface area contributed by atoms with Crippen LogP contribution >= 0.6 is 24.2 Å². The molecule has 0 spiro atoms. The molecule has 1 rings (SSSR count). The van der Waals surface area contributed by atoms with Crippen molar-refractivity contribution in [1.29, 1.82) is 0 Å². The van der Waals surface area contributed by atoms with Crippen LogP contribution in [-0.4, -0.2) is 49.6 Å². The van der Waals surface area contributed by atoms with Gasteiger partial charge in [-0.05, 0) is 49.0 Å². The Morgan fingerprint density at radius 3 is 2.55 bits per heavy atom. The second-order valence-electron chi connectivity index (χ2n) is 5.10. The zero-order valence-corrected chi connectivity index (χ0v) is 15.2. The normalized spacial score (nSPS) is 11.5. The van der Waals surface area contributed by atoms with E-state index in [0.29, 0.717) is 0 Å². The zero-order valence-electron chi connectivity index (χ0n) is 13.6. The Morgan fingerprint density at radius 1 is 1.36 bits per heavy atom. The predicted octanol–water partition coefficient (Wildman–Crippen LogP) is 2.59. The molecule has 0 saturated heterocycles. The van der Waals surface area contributed by atoms with Crippen LogP contribution in [0.15, 0.2) is 24.3 Å². The molecule has 0 aromatic heterocycles. The van der Waals surface area contributed by atoms with Crippen LogP contribution in [0.1, 0.15) is 18.4 Å². The summed E-state index contributed by atoms with van der Waals surface area (Å²) in [6, 6.07) is 7.67. The molecule has 0 radical (unpaired) electrons. The van der Waals surface area contributed by atoms with Gasteiger partial charge in [-0.3, -0.25) is 4.79 Å². The van der Waals surface area contributed by atoms with Crippen molar-refractivity contribution < 1.29 is 9.53 Å². The van der Waals surface area contributed by atoms with Gasteiger partial charge >= 0.3 is 0 Å². The van der Waals surface area contributed by atoms with Crippen molar-refractivity contribution in [2.75, 3.05) is 32.7 Å². The first-order valence-electron chi connectivity index (χ1n) is 7.21. The van der Waals surface area contributed by atoms with Gasteiger partial charge in [0.1, 0.15) is 5.75 Å². The number of nitrogens with two attached hydrogens (primary N) is 1. The molecule has 1 amide bonds. The van der Waals surface area contributed by atoms with Gasteiger partial charge in [-0.25, -0.2) is 0 Å². The number of carbonyl (C=O) groups is 1. The van der Waals surface area contributed by atoms with Gasteiger partial charge in [0.15, 0.2) is 0 Å². The summed E-state index contributed by atoms with van der Waals surface area (Å²) in [6.07, 6.45) is 4.64. The number of carbonyl (C=O) groups excluding carboxylic acids is 1. The van der Waals surface area contributed by atoms with Crippen LogP contribution in [0, 0.1) is 0 Å². The largest absolute Gasteiger partial charge is 0.497 e. The van der Waals surface area contributed by atoms with Gasteiger partial charge in [0.2, 0.25) is 5.91 Å². The van der Waals surface area contributed by atoms with Crippen LogP contribution < -0.4 is 10.5 Å². The van der Waals surface area contributed by atoms with Gasteiger partial charge in [-0.2, -0.15) is 11.8 Å². The molecule has 1 atom stereocenters. The minimum absolute atomic E-state index is 0. The maximum atomic E-state index is 12.0. The first-order valence-corrected chi connectivity index (χ1v) is 8.60. The van der Waals surface area contributed by atoms with Gasteiger partial charge in [0, 0.05) is 13.6 Å². The first-order chi connectivity index (χ1) is 10.1. The molecular weight excluding hydrogens is 320 g/mol. The highest BCUT2D eigenvalue weighted by Crippen LogP contribution is 2.12. The highest BCUT2D eigenvalue weighted by atomic mass is 35.5. The first kappa shape index (κ1) is 21.1. The number of rotatable bonds is 9. The number of likely N-dealkylation sites (N-methyl/N-ethyl adjacent to an activating group) is 1. The average molecular weight is 347 g/mol. The summed E-state index contributed by atoms with van der Waals surface area (Å²) in [7, 11) is 3.49. The van der Waals surface area contributed by atoms with E-state index in [1.54, 1.807) is 23.8 Å². The number of ether oxygens (including phenoxy) is 1. The van der Waals surface area contributed by atoms with Gasteiger partial charge in [-0.15, -0.1) is 12.4 Å². The minimum atomic E-state index is -0.372. The average Bonchev–Trinajstić information content (AvgIpc) is 2.52. The van der Waals surface area contributed by atoms with Gasteiger partial charge in [0.25, 0.3) is 0 Å². The molecular formula is C16H27ClN2O2S. The van der Waals surface area contributed by atoms with Crippen molar-refractivity contribution >= 4 is 30.1 Å².